The third-order valence-corrected chi connectivity index (χ3v) is 2.49. The molecule has 2 N–H and O–H groups in total. The zero-order valence-corrected chi connectivity index (χ0v) is 10.5. The maximum Gasteiger partial charge on any atom is 0.320 e. The monoisotopic (exact) mass is 270 g/mol. The lowest BCUT2D eigenvalue weighted by Crippen LogP contribution is -2.11. The fraction of sp³-hybridized carbons (Fsp3) is 0.273. The molecule has 0 amide bonds. The molecule has 96 valence electrons. The molecule has 2 aromatic rings. The van der Waals surface area contributed by atoms with E-state index >= 15 is 0 Å². The Balaban J connectivity index is 2.08. The van der Waals surface area contributed by atoms with Crippen molar-refractivity contribution in [2.24, 2.45) is 0 Å². The average Bonchev–Trinajstić information content (AvgIpc) is 2.79. The van der Waals surface area contributed by atoms with Crippen molar-refractivity contribution in [3.05, 3.63) is 34.9 Å². The van der Waals surface area contributed by atoms with E-state index in [0.29, 0.717) is 23.1 Å². The molecule has 1 aromatic heterocycles. The number of rotatable bonds is 5. The molecule has 0 atom stereocenters. The molecule has 7 heteroatoms. The molecule has 18 heavy (non-hydrogen) atoms. The van der Waals surface area contributed by atoms with E-state index in [2.05, 4.69) is 20.8 Å². The Morgan fingerprint density at radius 1 is 1.39 bits per heavy atom. The second-order valence-corrected chi connectivity index (χ2v) is 3.94. The number of halogens is 2. The summed E-state index contributed by atoms with van der Waals surface area (Å²) in [4.78, 5) is 0. The molecule has 5 nitrogen and oxygen atoms in total. The maximum absolute atomic E-state index is 13.0. The zero-order chi connectivity index (χ0) is 13.0. The molecule has 0 unspecified atom stereocenters. The predicted octanol–water partition coefficient (Wildman–Crippen LogP) is 2.72. The van der Waals surface area contributed by atoms with E-state index in [-0.39, 0.29) is 6.01 Å². The highest BCUT2D eigenvalue weighted by atomic mass is 35.5. The summed E-state index contributed by atoms with van der Waals surface area (Å²) in [6.45, 7) is 3.27. The van der Waals surface area contributed by atoms with Crippen LogP contribution < -0.4 is 10.6 Å². The Morgan fingerprint density at radius 2 is 2.22 bits per heavy atom. The molecule has 0 aliphatic rings. The summed E-state index contributed by atoms with van der Waals surface area (Å²) >= 11 is 5.91. The van der Waals surface area contributed by atoms with E-state index in [1.165, 1.54) is 18.2 Å². The van der Waals surface area contributed by atoms with Crippen LogP contribution in [0.25, 0.3) is 0 Å². The van der Waals surface area contributed by atoms with Crippen molar-refractivity contribution < 1.29 is 8.81 Å². The predicted molar refractivity (Wildman–Crippen MR) is 66.4 cm³/mol. The Morgan fingerprint density at radius 3 is 3.00 bits per heavy atom. The maximum atomic E-state index is 13.0. The fourth-order valence-corrected chi connectivity index (χ4v) is 1.48. The van der Waals surface area contributed by atoms with Gasteiger partial charge in [-0.25, -0.2) is 4.39 Å². The molecule has 0 saturated carbocycles. The van der Waals surface area contributed by atoms with Crippen LogP contribution in [0, 0.1) is 5.82 Å². The Bertz CT molecular complexity index is 532. The van der Waals surface area contributed by atoms with Crippen LogP contribution in [-0.2, 0) is 6.54 Å². The van der Waals surface area contributed by atoms with E-state index in [4.69, 9.17) is 16.0 Å². The van der Waals surface area contributed by atoms with Crippen LogP contribution in [0.4, 0.5) is 16.1 Å². The van der Waals surface area contributed by atoms with Gasteiger partial charge in [-0.15, -0.1) is 5.10 Å². The SMILES string of the molecule is CCNCc1nnc(Nc2cc(F)ccc2Cl)o1. The number of nitrogens with one attached hydrogen (secondary N) is 2. The Hall–Kier alpha value is -1.66. The third kappa shape index (κ3) is 3.18. The van der Waals surface area contributed by atoms with E-state index < -0.39 is 5.82 Å². The van der Waals surface area contributed by atoms with Crippen molar-refractivity contribution in [1.82, 2.24) is 15.5 Å². The van der Waals surface area contributed by atoms with Gasteiger partial charge >= 0.3 is 6.01 Å². The lowest BCUT2D eigenvalue weighted by molar-refractivity contribution is 0.484. The standard InChI is InChI=1S/C11H12ClFN4O/c1-2-14-6-10-16-17-11(18-10)15-9-5-7(13)3-4-8(9)12/h3-5,14H,2,6H2,1H3,(H,15,17). The Labute approximate surface area is 108 Å². The number of hydrogen-bond acceptors (Lipinski definition) is 5. The highest BCUT2D eigenvalue weighted by molar-refractivity contribution is 6.33. The second kappa shape index (κ2) is 5.79. The minimum Gasteiger partial charge on any atom is -0.406 e. The number of hydrogen-bond donors (Lipinski definition) is 2. The molecule has 0 radical (unpaired) electrons. The van der Waals surface area contributed by atoms with E-state index in [0.717, 1.165) is 6.54 Å². The van der Waals surface area contributed by atoms with Gasteiger partial charge in [0.1, 0.15) is 5.82 Å². The summed E-state index contributed by atoms with van der Waals surface area (Å²) in [5.41, 5.74) is 0.385. The molecule has 1 heterocycles. The van der Waals surface area contributed by atoms with Crippen LogP contribution >= 0.6 is 11.6 Å². The summed E-state index contributed by atoms with van der Waals surface area (Å²) in [5, 5.41) is 13.8. The average molecular weight is 271 g/mol. The number of aromatic nitrogens is 2. The van der Waals surface area contributed by atoms with Crippen LogP contribution in [-0.4, -0.2) is 16.7 Å². The molecule has 0 saturated heterocycles. The molecule has 0 fully saturated rings. The molecule has 0 spiro atoms. The lowest BCUT2D eigenvalue weighted by Gasteiger charge is -2.03. The third-order valence-electron chi connectivity index (χ3n) is 2.16. The summed E-state index contributed by atoms with van der Waals surface area (Å²) in [6, 6.07) is 4.17. The molecule has 0 bridgehead atoms. The van der Waals surface area contributed by atoms with Gasteiger partial charge in [0.05, 0.1) is 17.3 Å². The topological polar surface area (TPSA) is 63.0 Å². The number of benzene rings is 1. The molecule has 2 rings (SSSR count). The highest BCUT2D eigenvalue weighted by Crippen LogP contribution is 2.25. The minimum atomic E-state index is -0.394. The molecule has 1 aromatic carbocycles. The van der Waals surface area contributed by atoms with Crippen LogP contribution in [0.5, 0.6) is 0 Å². The van der Waals surface area contributed by atoms with Gasteiger partial charge in [-0.2, -0.15) is 0 Å². The van der Waals surface area contributed by atoms with Gasteiger partial charge in [0, 0.05) is 0 Å². The van der Waals surface area contributed by atoms with Gasteiger partial charge in [-0.05, 0) is 24.7 Å². The summed E-state index contributed by atoms with van der Waals surface area (Å²) in [6.07, 6.45) is 0. The number of anilines is 2. The van der Waals surface area contributed by atoms with Gasteiger partial charge in [-0.3, -0.25) is 0 Å². The van der Waals surface area contributed by atoms with Gasteiger partial charge < -0.3 is 15.1 Å². The molecule has 0 aliphatic heterocycles. The first kappa shape index (κ1) is 12.8. The van der Waals surface area contributed by atoms with E-state index in [1.54, 1.807) is 0 Å². The normalized spacial score (nSPS) is 10.6. The van der Waals surface area contributed by atoms with Crippen molar-refractivity contribution in [3.63, 3.8) is 0 Å². The lowest BCUT2D eigenvalue weighted by atomic mass is 10.3. The van der Waals surface area contributed by atoms with E-state index in [1.807, 2.05) is 6.92 Å². The summed E-state index contributed by atoms with van der Waals surface area (Å²) in [7, 11) is 0. The molecular formula is C11H12ClFN4O. The smallest absolute Gasteiger partial charge is 0.320 e. The fourth-order valence-electron chi connectivity index (χ4n) is 1.32. The van der Waals surface area contributed by atoms with Gasteiger partial charge in [0.25, 0.3) is 0 Å². The second-order valence-electron chi connectivity index (χ2n) is 3.53. The zero-order valence-electron chi connectivity index (χ0n) is 9.70. The van der Waals surface area contributed by atoms with Gasteiger partial charge in [0.2, 0.25) is 5.89 Å². The van der Waals surface area contributed by atoms with Crippen LogP contribution in [0.2, 0.25) is 5.02 Å². The van der Waals surface area contributed by atoms with Gasteiger partial charge in [0.15, 0.2) is 0 Å². The van der Waals surface area contributed by atoms with Gasteiger partial charge in [-0.1, -0.05) is 23.6 Å². The van der Waals surface area contributed by atoms with Crippen LogP contribution in [0.1, 0.15) is 12.8 Å². The van der Waals surface area contributed by atoms with Crippen molar-refractivity contribution in [3.8, 4) is 0 Å². The molecular weight excluding hydrogens is 259 g/mol. The van der Waals surface area contributed by atoms with Crippen LogP contribution in [0.15, 0.2) is 22.6 Å². The Kier molecular flexibility index (Phi) is 4.11. The van der Waals surface area contributed by atoms with Crippen molar-refractivity contribution in [2.45, 2.75) is 13.5 Å². The summed E-state index contributed by atoms with van der Waals surface area (Å²) < 4.78 is 18.4. The first-order valence-electron chi connectivity index (χ1n) is 5.44. The largest absolute Gasteiger partial charge is 0.406 e. The quantitative estimate of drug-likeness (QED) is 0.875. The van der Waals surface area contributed by atoms with Crippen molar-refractivity contribution in [1.29, 1.82) is 0 Å². The summed E-state index contributed by atoms with van der Waals surface area (Å²) in [5.74, 6) is 0.0566. The highest BCUT2D eigenvalue weighted by Gasteiger charge is 2.08. The molecule has 0 aliphatic carbocycles. The van der Waals surface area contributed by atoms with Crippen molar-refractivity contribution in [2.75, 3.05) is 11.9 Å². The number of nitrogens with zero attached hydrogens (tertiary/aromatic N) is 2. The first-order valence-corrected chi connectivity index (χ1v) is 5.82. The first-order chi connectivity index (χ1) is 8.69. The van der Waals surface area contributed by atoms with Crippen molar-refractivity contribution >= 4 is 23.3 Å². The minimum absolute atomic E-state index is 0.176. The van der Waals surface area contributed by atoms with E-state index in [9.17, 15) is 4.39 Å². The van der Waals surface area contributed by atoms with Crippen LogP contribution in [0.3, 0.4) is 0 Å².